The first-order valence-corrected chi connectivity index (χ1v) is 7.78. The second-order valence-corrected chi connectivity index (χ2v) is 6.18. The van der Waals surface area contributed by atoms with Gasteiger partial charge in [0.1, 0.15) is 0 Å². The molecular weight excluding hydrogens is 254 g/mol. The van der Waals surface area contributed by atoms with Crippen LogP contribution in [0, 0.1) is 13.8 Å². The summed E-state index contributed by atoms with van der Waals surface area (Å²) in [6.07, 6.45) is 1.00. The van der Waals surface area contributed by atoms with E-state index in [-0.39, 0.29) is 0 Å². The van der Waals surface area contributed by atoms with Crippen molar-refractivity contribution in [3.8, 4) is 0 Å². The molecule has 3 nitrogen and oxygen atoms in total. The third-order valence-electron chi connectivity index (χ3n) is 3.25. The van der Waals surface area contributed by atoms with Crippen LogP contribution in [-0.4, -0.2) is 16.3 Å². The third kappa shape index (κ3) is 3.45. The van der Waals surface area contributed by atoms with Gasteiger partial charge >= 0.3 is 0 Å². The Morgan fingerprint density at radius 2 is 2.11 bits per heavy atom. The van der Waals surface area contributed by atoms with Crippen LogP contribution in [0.4, 0.5) is 0 Å². The van der Waals surface area contributed by atoms with E-state index in [4.69, 9.17) is 0 Å². The van der Waals surface area contributed by atoms with Gasteiger partial charge in [-0.2, -0.15) is 5.10 Å². The van der Waals surface area contributed by atoms with Gasteiger partial charge in [0.25, 0.3) is 0 Å². The highest BCUT2D eigenvalue weighted by Crippen LogP contribution is 2.26. The second-order valence-electron chi connectivity index (χ2n) is 4.86. The summed E-state index contributed by atoms with van der Waals surface area (Å²) < 4.78 is 2.11. The van der Waals surface area contributed by atoms with Crippen LogP contribution in [0.15, 0.2) is 18.2 Å². The fourth-order valence-corrected chi connectivity index (χ4v) is 3.36. The molecule has 4 heteroatoms. The maximum atomic E-state index is 4.53. The van der Waals surface area contributed by atoms with Gasteiger partial charge in [-0.15, -0.1) is 11.3 Å². The molecule has 104 valence electrons. The van der Waals surface area contributed by atoms with E-state index in [0.29, 0.717) is 6.04 Å². The molecule has 0 amide bonds. The summed E-state index contributed by atoms with van der Waals surface area (Å²) in [7, 11) is 0. The molecule has 0 fully saturated rings. The van der Waals surface area contributed by atoms with Gasteiger partial charge in [0, 0.05) is 34.5 Å². The standard InChI is InChI=1S/C15H23N3S/c1-5-16-14(15-8-7-12(4)19-15)10-13-9-11(3)17-18(13)6-2/h7-9,14,16H,5-6,10H2,1-4H3. The highest BCUT2D eigenvalue weighted by Gasteiger charge is 2.16. The second kappa shape index (κ2) is 6.35. The Labute approximate surface area is 119 Å². The Hall–Kier alpha value is -1.13. The molecular formula is C15H23N3S. The van der Waals surface area contributed by atoms with E-state index in [9.17, 15) is 0 Å². The average Bonchev–Trinajstić information content (AvgIpc) is 2.95. The first kappa shape index (κ1) is 14.3. The molecule has 0 aliphatic carbocycles. The van der Waals surface area contributed by atoms with Crippen molar-refractivity contribution in [1.82, 2.24) is 15.1 Å². The summed E-state index contributed by atoms with van der Waals surface area (Å²) in [5.41, 5.74) is 2.42. The minimum absolute atomic E-state index is 0.394. The number of likely N-dealkylation sites (N-methyl/N-ethyl adjacent to an activating group) is 1. The van der Waals surface area contributed by atoms with Crippen LogP contribution in [0.25, 0.3) is 0 Å². The zero-order valence-corrected chi connectivity index (χ0v) is 13.0. The van der Waals surface area contributed by atoms with Crippen LogP contribution in [-0.2, 0) is 13.0 Å². The summed E-state index contributed by atoms with van der Waals surface area (Å²) >= 11 is 1.88. The molecule has 2 heterocycles. The van der Waals surface area contributed by atoms with Crippen LogP contribution in [0.1, 0.15) is 41.0 Å². The van der Waals surface area contributed by atoms with Crippen LogP contribution in [0.2, 0.25) is 0 Å². The van der Waals surface area contributed by atoms with E-state index in [1.54, 1.807) is 0 Å². The van der Waals surface area contributed by atoms with Gasteiger partial charge in [0.05, 0.1) is 5.69 Å². The van der Waals surface area contributed by atoms with Gasteiger partial charge in [-0.25, -0.2) is 0 Å². The lowest BCUT2D eigenvalue weighted by atomic mass is 10.1. The smallest absolute Gasteiger partial charge is 0.0596 e. The van der Waals surface area contributed by atoms with E-state index >= 15 is 0 Å². The molecule has 1 N–H and O–H groups in total. The predicted octanol–water partition coefficient (Wildman–Crippen LogP) is 3.47. The number of nitrogens with one attached hydrogen (secondary N) is 1. The largest absolute Gasteiger partial charge is 0.309 e. The Balaban J connectivity index is 2.20. The molecule has 2 rings (SSSR count). The van der Waals surface area contributed by atoms with E-state index < -0.39 is 0 Å². The van der Waals surface area contributed by atoms with Crippen LogP contribution in [0.5, 0.6) is 0 Å². The Bertz CT molecular complexity index is 527. The summed E-state index contributed by atoms with van der Waals surface area (Å²) in [5.74, 6) is 0. The van der Waals surface area contributed by atoms with Gasteiger partial charge in [-0.1, -0.05) is 6.92 Å². The van der Waals surface area contributed by atoms with Crippen molar-refractivity contribution in [3.63, 3.8) is 0 Å². The Morgan fingerprint density at radius 1 is 1.32 bits per heavy atom. The lowest BCUT2D eigenvalue weighted by Crippen LogP contribution is -2.23. The van der Waals surface area contributed by atoms with Gasteiger partial charge in [-0.05, 0) is 45.5 Å². The first-order chi connectivity index (χ1) is 9.13. The van der Waals surface area contributed by atoms with Crippen LogP contribution in [0.3, 0.4) is 0 Å². The van der Waals surface area contributed by atoms with Gasteiger partial charge < -0.3 is 5.32 Å². The van der Waals surface area contributed by atoms with Gasteiger partial charge in [-0.3, -0.25) is 4.68 Å². The lowest BCUT2D eigenvalue weighted by molar-refractivity contribution is 0.522. The molecule has 0 saturated heterocycles. The highest BCUT2D eigenvalue weighted by atomic mass is 32.1. The number of rotatable bonds is 6. The summed E-state index contributed by atoms with van der Waals surface area (Å²) in [6, 6.07) is 7.04. The number of aryl methyl sites for hydroxylation is 3. The fraction of sp³-hybridized carbons (Fsp3) is 0.533. The normalized spacial score (nSPS) is 12.8. The van der Waals surface area contributed by atoms with Crippen molar-refractivity contribution in [3.05, 3.63) is 39.3 Å². The number of thiophene rings is 1. The molecule has 0 saturated carbocycles. The fourth-order valence-electron chi connectivity index (χ4n) is 2.41. The SMILES string of the molecule is CCNC(Cc1cc(C)nn1CC)c1ccc(C)s1. The average molecular weight is 277 g/mol. The molecule has 1 atom stereocenters. The first-order valence-electron chi connectivity index (χ1n) is 6.97. The molecule has 19 heavy (non-hydrogen) atoms. The van der Waals surface area contributed by atoms with Crippen molar-refractivity contribution < 1.29 is 0 Å². The maximum Gasteiger partial charge on any atom is 0.0596 e. The molecule has 0 spiro atoms. The summed E-state index contributed by atoms with van der Waals surface area (Å²) in [5, 5.41) is 8.12. The molecule has 0 bridgehead atoms. The molecule has 0 radical (unpaired) electrons. The third-order valence-corrected chi connectivity index (χ3v) is 4.37. The van der Waals surface area contributed by atoms with Crippen molar-refractivity contribution >= 4 is 11.3 Å². The molecule has 0 aliphatic rings. The Kier molecular flexibility index (Phi) is 4.77. The minimum Gasteiger partial charge on any atom is -0.309 e. The quantitative estimate of drug-likeness (QED) is 0.876. The minimum atomic E-state index is 0.394. The lowest BCUT2D eigenvalue weighted by Gasteiger charge is -2.17. The highest BCUT2D eigenvalue weighted by molar-refractivity contribution is 7.12. The predicted molar refractivity (Wildman–Crippen MR) is 81.8 cm³/mol. The van der Waals surface area contributed by atoms with Crippen LogP contribution < -0.4 is 5.32 Å². The van der Waals surface area contributed by atoms with Crippen molar-refractivity contribution in [1.29, 1.82) is 0 Å². The number of aromatic nitrogens is 2. The van der Waals surface area contributed by atoms with Gasteiger partial charge in [0.15, 0.2) is 0 Å². The van der Waals surface area contributed by atoms with E-state index in [1.807, 2.05) is 11.3 Å². The molecule has 2 aromatic rings. The zero-order valence-electron chi connectivity index (χ0n) is 12.2. The monoisotopic (exact) mass is 277 g/mol. The maximum absolute atomic E-state index is 4.53. The van der Waals surface area contributed by atoms with Crippen LogP contribution >= 0.6 is 11.3 Å². The Morgan fingerprint density at radius 3 is 2.68 bits per heavy atom. The molecule has 0 aliphatic heterocycles. The van der Waals surface area contributed by atoms with Crippen molar-refractivity contribution in [2.75, 3.05) is 6.54 Å². The van der Waals surface area contributed by atoms with Gasteiger partial charge in [0.2, 0.25) is 0 Å². The zero-order chi connectivity index (χ0) is 13.8. The summed E-state index contributed by atoms with van der Waals surface area (Å²) in [4.78, 5) is 2.79. The van der Waals surface area contributed by atoms with Crippen molar-refractivity contribution in [2.24, 2.45) is 0 Å². The number of nitrogens with zero attached hydrogens (tertiary/aromatic N) is 2. The van der Waals surface area contributed by atoms with E-state index in [0.717, 1.165) is 25.2 Å². The summed E-state index contributed by atoms with van der Waals surface area (Å²) in [6.45, 7) is 10.5. The number of hydrogen-bond donors (Lipinski definition) is 1. The molecule has 2 aromatic heterocycles. The molecule has 0 aromatic carbocycles. The van der Waals surface area contributed by atoms with Crippen molar-refractivity contribution in [2.45, 2.75) is 46.7 Å². The van der Waals surface area contributed by atoms with E-state index in [1.165, 1.54) is 15.4 Å². The topological polar surface area (TPSA) is 29.9 Å². The number of hydrogen-bond acceptors (Lipinski definition) is 3. The van der Waals surface area contributed by atoms with E-state index in [2.05, 4.69) is 61.0 Å². The molecule has 1 unspecified atom stereocenters.